The number of pyridine rings is 2. The van der Waals surface area contributed by atoms with Crippen LogP contribution in [0.25, 0.3) is 0 Å². The molecule has 4 atom stereocenters. The highest BCUT2D eigenvalue weighted by Crippen LogP contribution is 2.42. The minimum Gasteiger partial charge on any atom is -0.383 e. The summed E-state index contributed by atoms with van der Waals surface area (Å²) in [4.78, 5) is 27.0. The van der Waals surface area contributed by atoms with E-state index in [1.807, 2.05) is 61.2 Å². The number of rotatable bonds is 4. The zero-order valence-electron chi connectivity index (χ0n) is 19.8. The highest BCUT2D eigenvalue weighted by Gasteiger charge is 2.50. The summed E-state index contributed by atoms with van der Waals surface area (Å²) in [6.07, 6.45) is 4.97. The van der Waals surface area contributed by atoms with Crippen molar-refractivity contribution < 1.29 is 9.90 Å². The fourth-order valence-corrected chi connectivity index (χ4v) is 5.74. The Morgan fingerprint density at radius 2 is 1.80 bits per heavy atom. The minimum absolute atomic E-state index is 0.0694. The Labute approximate surface area is 210 Å². The van der Waals surface area contributed by atoms with Gasteiger partial charge in [-0.2, -0.15) is 5.10 Å². The fourth-order valence-electron chi connectivity index (χ4n) is 5.63. The zero-order chi connectivity index (χ0) is 24.6. The van der Waals surface area contributed by atoms with Crippen LogP contribution in [0.3, 0.4) is 0 Å². The molecule has 2 fully saturated rings. The van der Waals surface area contributed by atoms with E-state index in [-0.39, 0.29) is 29.6 Å². The van der Waals surface area contributed by atoms with Gasteiger partial charge in [0.05, 0.1) is 16.6 Å². The summed E-state index contributed by atoms with van der Waals surface area (Å²) in [6.45, 7) is 6.03. The molecule has 5 heterocycles. The molecule has 2 saturated heterocycles. The number of aliphatic hydroxyl groups is 1. The fraction of sp³-hybridized carbons (Fsp3) is 0.423. The van der Waals surface area contributed by atoms with Crippen LogP contribution in [-0.4, -0.2) is 62.3 Å². The first kappa shape index (κ1) is 23.6. The largest absolute Gasteiger partial charge is 0.383 e. The molecule has 2 aliphatic rings. The first-order chi connectivity index (χ1) is 16.9. The van der Waals surface area contributed by atoms with Crippen molar-refractivity contribution in [3.05, 3.63) is 77.5 Å². The molecule has 3 aromatic rings. The van der Waals surface area contributed by atoms with Gasteiger partial charge in [0.25, 0.3) is 0 Å². The molecule has 1 N–H and O–H groups in total. The molecular formula is C26H29ClN6O2. The maximum absolute atomic E-state index is 14.0. The molecule has 0 aliphatic carbocycles. The molecule has 182 valence electrons. The number of likely N-dealkylation sites (tertiary alicyclic amines) is 1. The van der Waals surface area contributed by atoms with Crippen LogP contribution in [-0.2, 0) is 10.4 Å². The highest BCUT2D eigenvalue weighted by molar-refractivity contribution is 6.30. The second kappa shape index (κ2) is 9.51. The Bertz CT molecular complexity index is 1150. The van der Waals surface area contributed by atoms with E-state index in [4.69, 9.17) is 11.6 Å². The van der Waals surface area contributed by atoms with Crippen molar-refractivity contribution in [1.82, 2.24) is 25.1 Å². The Morgan fingerprint density at radius 1 is 1.00 bits per heavy atom. The molecule has 8 nitrogen and oxygen atoms in total. The number of anilines is 1. The molecule has 2 unspecified atom stereocenters. The summed E-state index contributed by atoms with van der Waals surface area (Å²) < 4.78 is 0. The van der Waals surface area contributed by atoms with Gasteiger partial charge >= 0.3 is 0 Å². The van der Waals surface area contributed by atoms with Crippen LogP contribution in [0.1, 0.15) is 31.2 Å². The van der Waals surface area contributed by atoms with Gasteiger partial charge in [0.1, 0.15) is 5.60 Å². The van der Waals surface area contributed by atoms with E-state index >= 15 is 0 Å². The predicted molar refractivity (Wildman–Crippen MR) is 133 cm³/mol. The number of halogens is 1. The second-order valence-electron chi connectivity index (χ2n) is 9.69. The summed E-state index contributed by atoms with van der Waals surface area (Å²) >= 11 is 6.08. The van der Waals surface area contributed by atoms with Crippen LogP contribution in [0, 0.1) is 17.8 Å². The average molecular weight is 493 g/mol. The van der Waals surface area contributed by atoms with E-state index in [1.165, 1.54) is 0 Å². The molecule has 2 aliphatic heterocycles. The van der Waals surface area contributed by atoms with Crippen LogP contribution in [0.15, 0.2) is 61.1 Å². The van der Waals surface area contributed by atoms with Crippen molar-refractivity contribution in [2.75, 3.05) is 31.1 Å². The SMILES string of the molecule is CC1CN(C(=O)[C@@H]2CN(c3cccnn3)C[C@H]2c2ccc(Cl)cn2)CC(C)C1(O)c1ccccn1. The zero-order valence-corrected chi connectivity index (χ0v) is 20.6. The lowest BCUT2D eigenvalue weighted by molar-refractivity contribution is -0.153. The third kappa shape index (κ3) is 4.36. The van der Waals surface area contributed by atoms with Crippen molar-refractivity contribution in [3.8, 4) is 0 Å². The third-order valence-electron chi connectivity index (χ3n) is 7.53. The topological polar surface area (TPSA) is 95.3 Å². The number of carbonyl (C=O) groups excluding carboxylic acids is 1. The predicted octanol–water partition coefficient (Wildman–Crippen LogP) is 3.14. The van der Waals surface area contributed by atoms with Gasteiger partial charge in [-0.25, -0.2) is 0 Å². The smallest absolute Gasteiger partial charge is 0.228 e. The first-order valence-corrected chi connectivity index (χ1v) is 12.3. The lowest BCUT2D eigenvalue weighted by Gasteiger charge is -2.48. The maximum atomic E-state index is 14.0. The van der Waals surface area contributed by atoms with Gasteiger partial charge in [0, 0.05) is 68.2 Å². The van der Waals surface area contributed by atoms with E-state index in [0.717, 1.165) is 11.5 Å². The van der Waals surface area contributed by atoms with Crippen LogP contribution in [0.4, 0.5) is 5.82 Å². The van der Waals surface area contributed by atoms with Gasteiger partial charge < -0.3 is 14.9 Å². The third-order valence-corrected chi connectivity index (χ3v) is 7.75. The van der Waals surface area contributed by atoms with Crippen molar-refractivity contribution in [2.24, 2.45) is 17.8 Å². The summed E-state index contributed by atoms with van der Waals surface area (Å²) in [5, 5.41) is 20.5. The van der Waals surface area contributed by atoms with Gasteiger partial charge in [-0.15, -0.1) is 5.10 Å². The van der Waals surface area contributed by atoms with Gasteiger partial charge in [-0.05, 0) is 36.4 Å². The molecular weight excluding hydrogens is 464 g/mol. The molecule has 5 rings (SSSR count). The Morgan fingerprint density at radius 3 is 2.43 bits per heavy atom. The number of nitrogens with zero attached hydrogens (tertiary/aromatic N) is 6. The van der Waals surface area contributed by atoms with E-state index in [9.17, 15) is 9.90 Å². The van der Waals surface area contributed by atoms with Crippen molar-refractivity contribution >= 4 is 23.3 Å². The molecule has 0 aromatic carbocycles. The Hall–Kier alpha value is -3.10. The minimum atomic E-state index is -1.09. The lowest BCUT2D eigenvalue weighted by atomic mass is 9.72. The van der Waals surface area contributed by atoms with Crippen LogP contribution < -0.4 is 4.90 Å². The number of carbonyl (C=O) groups is 1. The van der Waals surface area contributed by atoms with Crippen molar-refractivity contribution in [1.29, 1.82) is 0 Å². The maximum Gasteiger partial charge on any atom is 0.228 e. The molecule has 9 heteroatoms. The highest BCUT2D eigenvalue weighted by atomic mass is 35.5. The molecule has 0 saturated carbocycles. The lowest BCUT2D eigenvalue weighted by Crippen LogP contribution is -2.57. The Balaban J connectivity index is 1.41. The summed E-state index contributed by atoms with van der Waals surface area (Å²) in [7, 11) is 0. The average Bonchev–Trinajstić information content (AvgIpc) is 3.33. The van der Waals surface area contributed by atoms with Crippen LogP contribution in [0.5, 0.6) is 0 Å². The van der Waals surface area contributed by atoms with E-state index in [0.29, 0.717) is 36.9 Å². The van der Waals surface area contributed by atoms with Crippen LogP contribution >= 0.6 is 11.6 Å². The standard InChI is InChI=1S/C26H29ClN6O2/c1-17-13-33(14-18(2)26(17,35)23-6-3-4-10-28-23)25(34)21-16-32(24-7-5-11-30-31-24)15-20(21)22-9-8-19(27)12-29-22/h3-12,17-18,20-21,35H,13-16H2,1-2H3/t17?,18?,20-,21-,26?/m1/s1. The normalized spacial score (nSPS) is 28.8. The molecule has 1 amide bonds. The second-order valence-corrected chi connectivity index (χ2v) is 10.1. The molecule has 0 radical (unpaired) electrons. The number of aromatic nitrogens is 4. The van der Waals surface area contributed by atoms with Crippen molar-refractivity contribution in [2.45, 2.75) is 25.4 Å². The van der Waals surface area contributed by atoms with E-state index in [2.05, 4.69) is 25.1 Å². The Kier molecular flexibility index (Phi) is 6.42. The van der Waals surface area contributed by atoms with Gasteiger partial charge in [-0.1, -0.05) is 31.5 Å². The van der Waals surface area contributed by atoms with Gasteiger partial charge in [0.2, 0.25) is 5.91 Å². The van der Waals surface area contributed by atoms with Gasteiger partial charge in [-0.3, -0.25) is 14.8 Å². The van der Waals surface area contributed by atoms with Gasteiger partial charge in [0.15, 0.2) is 5.82 Å². The number of piperidine rings is 1. The molecule has 0 spiro atoms. The number of hydrogen-bond acceptors (Lipinski definition) is 7. The molecule has 0 bridgehead atoms. The summed E-state index contributed by atoms with van der Waals surface area (Å²) in [5.41, 5.74) is 0.406. The summed E-state index contributed by atoms with van der Waals surface area (Å²) in [5.74, 6) is 0.0612. The summed E-state index contributed by atoms with van der Waals surface area (Å²) in [6, 6.07) is 13.1. The van der Waals surface area contributed by atoms with E-state index in [1.54, 1.807) is 18.6 Å². The quantitative estimate of drug-likeness (QED) is 0.597. The number of amides is 1. The van der Waals surface area contributed by atoms with Crippen LogP contribution in [0.2, 0.25) is 5.02 Å². The monoisotopic (exact) mass is 492 g/mol. The number of hydrogen-bond donors (Lipinski definition) is 1. The first-order valence-electron chi connectivity index (χ1n) is 11.9. The molecule has 3 aromatic heterocycles. The van der Waals surface area contributed by atoms with E-state index < -0.39 is 5.60 Å². The molecule has 35 heavy (non-hydrogen) atoms. The van der Waals surface area contributed by atoms with Crippen molar-refractivity contribution in [3.63, 3.8) is 0 Å².